The average molecular weight is 683 g/mol. The molecular formula is C32H31FN4O6S3. The van der Waals surface area contributed by atoms with Crippen molar-refractivity contribution in [3.63, 3.8) is 0 Å². The first-order valence-corrected chi connectivity index (χ1v) is 19.0. The minimum absolute atomic E-state index is 0.0255. The number of carbonyl (C=O) groups is 1. The fraction of sp³-hybridized carbons (Fsp3) is 0.312. The molecule has 7 rings (SSSR count). The molecule has 0 radical (unpaired) electrons. The van der Waals surface area contributed by atoms with E-state index in [0.717, 1.165) is 54.9 Å². The lowest BCUT2D eigenvalue weighted by molar-refractivity contribution is 0.102. The highest BCUT2D eigenvalue weighted by Crippen LogP contribution is 2.59. The van der Waals surface area contributed by atoms with Gasteiger partial charge in [0.1, 0.15) is 11.6 Å². The summed E-state index contributed by atoms with van der Waals surface area (Å²) < 4.78 is 77.0. The van der Waals surface area contributed by atoms with Gasteiger partial charge in [-0.05, 0) is 116 Å². The molecule has 10 nitrogen and oxygen atoms in total. The van der Waals surface area contributed by atoms with Gasteiger partial charge in [-0.1, -0.05) is 11.2 Å². The van der Waals surface area contributed by atoms with Crippen molar-refractivity contribution in [1.29, 1.82) is 0 Å². The number of fused-ring (bicyclic) bond motifs is 2. The maximum absolute atomic E-state index is 14.2. The second kappa shape index (κ2) is 11.4. The molecule has 3 aromatic carbocycles. The number of hydrogen-bond acceptors (Lipinski definition) is 8. The number of carbonyl (C=O) groups excluding carboxylic acids is 1. The van der Waals surface area contributed by atoms with Crippen molar-refractivity contribution in [1.82, 2.24) is 5.16 Å². The third kappa shape index (κ3) is 5.45. The van der Waals surface area contributed by atoms with E-state index in [1.165, 1.54) is 36.4 Å². The van der Waals surface area contributed by atoms with E-state index < -0.39 is 37.2 Å². The minimum Gasteiger partial charge on any atom is -0.360 e. The number of hydrogen-bond donors (Lipinski definition) is 2. The summed E-state index contributed by atoms with van der Waals surface area (Å²) in [5, 5.41) is 6.47. The van der Waals surface area contributed by atoms with Gasteiger partial charge in [-0.3, -0.25) is 13.8 Å². The quantitative estimate of drug-likeness (QED) is 0.233. The fourth-order valence-electron chi connectivity index (χ4n) is 6.71. The topological polar surface area (TPSA) is 139 Å². The first-order chi connectivity index (χ1) is 22.0. The summed E-state index contributed by atoms with van der Waals surface area (Å²) in [6, 6.07) is 17.0. The molecule has 2 fully saturated rings. The Morgan fingerprint density at radius 3 is 2.39 bits per heavy atom. The Hall–Kier alpha value is -3.88. The van der Waals surface area contributed by atoms with Gasteiger partial charge in [-0.15, -0.1) is 0 Å². The van der Waals surface area contributed by atoms with Gasteiger partial charge in [-0.25, -0.2) is 21.2 Å². The highest BCUT2D eigenvalue weighted by molar-refractivity contribution is 7.99. The number of halogens is 1. The standard InChI is InChI=1S/C32H31FN4O6S3/c1-20-17-29(35-43-20)36-45(39,40)26-4-2-3-24(19-26)34-31(38)22-7-12-28-27(18-22)32(13-15-44-16-14-32)30(21-5-6-21)37(28)46(41,42)25-10-8-23(33)9-11-25/h2-4,7-12,17-19,21,30H,5-6,13-16H2,1H3,(H,34,38)(H,35,36). The zero-order valence-electron chi connectivity index (χ0n) is 24.8. The van der Waals surface area contributed by atoms with E-state index >= 15 is 0 Å². The predicted octanol–water partition coefficient (Wildman–Crippen LogP) is 5.93. The van der Waals surface area contributed by atoms with Crippen molar-refractivity contribution in [3.05, 3.63) is 95.5 Å². The molecule has 1 aromatic heterocycles. The Balaban J connectivity index is 1.23. The number of benzene rings is 3. The van der Waals surface area contributed by atoms with E-state index in [1.54, 1.807) is 35.5 Å². The monoisotopic (exact) mass is 682 g/mol. The van der Waals surface area contributed by atoms with Crippen molar-refractivity contribution in [3.8, 4) is 0 Å². The lowest BCUT2D eigenvalue weighted by Gasteiger charge is -2.41. The van der Waals surface area contributed by atoms with E-state index in [9.17, 15) is 26.0 Å². The van der Waals surface area contributed by atoms with Crippen LogP contribution in [-0.4, -0.2) is 45.4 Å². The number of aryl methyl sites for hydroxylation is 1. The Bertz CT molecular complexity index is 2040. The predicted molar refractivity (Wildman–Crippen MR) is 174 cm³/mol. The summed E-state index contributed by atoms with van der Waals surface area (Å²) in [4.78, 5) is 13.6. The lowest BCUT2D eigenvalue weighted by atomic mass is 9.70. The van der Waals surface area contributed by atoms with Crippen LogP contribution in [0, 0.1) is 18.7 Å². The van der Waals surface area contributed by atoms with Gasteiger partial charge in [0.25, 0.3) is 26.0 Å². The molecule has 1 unspecified atom stereocenters. The van der Waals surface area contributed by atoms with Crippen LogP contribution >= 0.6 is 11.8 Å². The van der Waals surface area contributed by atoms with Gasteiger partial charge in [0.2, 0.25) is 0 Å². The number of amides is 1. The summed E-state index contributed by atoms with van der Waals surface area (Å²) in [5.74, 6) is 1.43. The van der Waals surface area contributed by atoms with Crippen LogP contribution in [0.5, 0.6) is 0 Å². The summed E-state index contributed by atoms with van der Waals surface area (Å²) in [6.45, 7) is 1.64. The van der Waals surface area contributed by atoms with Crippen LogP contribution in [0.1, 0.15) is 47.4 Å². The zero-order chi connectivity index (χ0) is 32.3. The van der Waals surface area contributed by atoms with Crippen LogP contribution in [0.15, 0.2) is 87.1 Å². The van der Waals surface area contributed by atoms with E-state index in [0.29, 0.717) is 17.0 Å². The molecular weight excluding hydrogens is 652 g/mol. The number of anilines is 3. The van der Waals surface area contributed by atoms with Crippen LogP contribution in [0.4, 0.5) is 21.6 Å². The molecule has 14 heteroatoms. The van der Waals surface area contributed by atoms with Crippen LogP contribution < -0.4 is 14.3 Å². The highest BCUT2D eigenvalue weighted by atomic mass is 32.2. The maximum Gasteiger partial charge on any atom is 0.264 e. The largest absolute Gasteiger partial charge is 0.360 e. The molecule has 1 atom stereocenters. The Labute approximate surface area is 270 Å². The van der Waals surface area contributed by atoms with E-state index in [-0.39, 0.29) is 33.3 Å². The molecule has 3 heterocycles. The van der Waals surface area contributed by atoms with Crippen molar-refractivity contribution < 1.29 is 30.5 Å². The molecule has 1 spiro atoms. The molecule has 0 bridgehead atoms. The third-order valence-electron chi connectivity index (χ3n) is 8.94. The molecule has 1 saturated heterocycles. The maximum atomic E-state index is 14.2. The summed E-state index contributed by atoms with van der Waals surface area (Å²) in [6.07, 6.45) is 3.37. The highest BCUT2D eigenvalue weighted by Gasteiger charge is 2.59. The summed E-state index contributed by atoms with van der Waals surface area (Å²) in [5.41, 5.74) is 1.50. The molecule has 46 heavy (non-hydrogen) atoms. The second-order valence-corrected chi connectivity index (χ2v) is 16.7. The Kier molecular flexibility index (Phi) is 7.64. The number of rotatable bonds is 8. The van der Waals surface area contributed by atoms with Gasteiger partial charge >= 0.3 is 0 Å². The molecule has 1 aliphatic carbocycles. The van der Waals surface area contributed by atoms with Crippen molar-refractivity contribution in [2.75, 3.05) is 25.8 Å². The molecule has 1 saturated carbocycles. The smallest absolute Gasteiger partial charge is 0.264 e. The fourth-order valence-corrected chi connectivity index (χ4v) is 10.8. The van der Waals surface area contributed by atoms with Gasteiger partial charge < -0.3 is 9.84 Å². The first kappa shape index (κ1) is 30.8. The number of nitrogens with zero attached hydrogens (tertiary/aromatic N) is 2. The molecule has 2 N–H and O–H groups in total. The number of thioether (sulfide) groups is 1. The van der Waals surface area contributed by atoms with Crippen molar-refractivity contribution in [2.45, 2.75) is 53.9 Å². The second-order valence-electron chi connectivity index (χ2n) is 11.9. The van der Waals surface area contributed by atoms with Crippen LogP contribution in [0.3, 0.4) is 0 Å². The van der Waals surface area contributed by atoms with Gasteiger partial charge in [0.15, 0.2) is 5.82 Å². The Morgan fingerprint density at radius 1 is 0.978 bits per heavy atom. The molecule has 240 valence electrons. The first-order valence-electron chi connectivity index (χ1n) is 14.9. The molecule has 3 aliphatic rings. The molecule has 4 aromatic rings. The normalized spacial score (nSPS) is 19.2. The van der Waals surface area contributed by atoms with Crippen molar-refractivity contribution in [2.24, 2.45) is 5.92 Å². The summed E-state index contributed by atoms with van der Waals surface area (Å²) >= 11 is 1.84. The Morgan fingerprint density at radius 2 is 1.72 bits per heavy atom. The summed E-state index contributed by atoms with van der Waals surface area (Å²) in [7, 11) is -8.05. The minimum atomic E-state index is -4.03. The zero-order valence-corrected chi connectivity index (χ0v) is 27.2. The average Bonchev–Trinajstić information content (AvgIpc) is 3.74. The van der Waals surface area contributed by atoms with Crippen molar-refractivity contribution >= 4 is 54.9 Å². The SMILES string of the molecule is Cc1cc(NS(=O)(=O)c2cccc(NC(=O)c3ccc4c(c3)C3(CCSCC3)C(C3CC3)N4S(=O)(=O)c3ccc(F)cc3)c2)no1. The van der Waals surface area contributed by atoms with E-state index in [2.05, 4.69) is 15.2 Å². The molecule has 2 aliphatic heterocycles. The van der Waals surface area contributed by atoms with Gasteiger partial charge in [-0.2, -0.15) is 11.8 Å². The van der Waals surface area contributed by atoms with Gasteiger partial charge in [0, 0.05) is 22.7 Å². The molecule has 1 amide bonds. The van der Waals surface area contributed by atoms with E-state index in [1.807, 2.05) is 11.8 Å². The van der Waals surface area contributed by atoms with Crippen LogP contribution in [-0.2, 0) is 25.5 Å². The van der Waals surface area contributed by atoms with Crippen LogP contribution in [0.2, 0.25) is 0 Å². The number of nitrogens with one attached hydrogen (secondary N) is 2. The number of sulfonamides is 2. The van der Waals surface area contributed by atoms with Gasteiger partial charge in [0.05, 0.1) is 21.5 Å². The van der Waals surface area contributed by atoms with E-state index in [4.69, 9.17) is 4.52 Å². The number of aromatic nitrogens is 1. The lowest BCUT2D eigenvalue weighted by Crippen LogP contribution is -2.50. The van der Waals surface area contributed by atoms with Crippen LogP contribution in [0.25, 0.3) is 0 Å². The third-order valence-corrected chi connectivity index (χ3v) is 13.1.